The number of thioether (sulfide) groups is 1. The number of hydrogen-bond acceptors (Lipinski definition) is 3. The standard InChI is InChI=1S/C24H31ClN2O2S/c1-4-5-13-26-24(29)19(3)27(15-20-10-8-12-22(25)14-20)23(28)17-30-16-21-11-7-6-9-18(21)2/h6-12,14,19H,4-5,13,15-17H2,1-3H3,(H,26,29)/t19-/m0/s1. The van der Waals surface area contributed by atoms with Gasteiger partial charge in [-0.1, -0.05) is 61.3 Å². The molecule has 0 aliphatic heterocycles. The van der Waals surface area contributed by atoms with Gasteiger partial charge in [0.1, 0.15) is 6.04 Å². The first-order valence-corrected chi connectivity index (χ1v) is 11.9. The molecular weight excluding hydrogens is 416 g/mol. The largest absolute Gasteiger partial charge is 0.354 e. The average Bonchev–Trinajstić information content (AvgIpc) is 2.73. The third kappa shape index (κ3) is 7.69. The average molecular weight is 447 g/mol. The molecule has 0 aliphatic carbocycles. The van der Waals surface area contributed by atoms with E-state index < -0.39 is 6.04 Å². The number of rotatable bonds is 11. The van der Waals surface area contributed by atoms with E-state index >= 15 is 0 Å². The number of nitrogens with one attached hydrogen (secondary N) is 1. The van der Waals surface area contributed by atoms with Crippen LogP contribution >= 0.6 is 23.4 Å². The molecule has 0 saturated heterocycles. The Morgan fingerprint density at radius 3 is 2.63 bits per heavy atom. The van der Waals surface area contributed by atoms with Crippen LogP contribution in [0.1, 0.15) is 43.4 Å². The van der Waals surface area contributed by atoms with E-state index in [1.165, 1.54) is 11.1 Å². The summed E-state index contributed by atoms with van der Waals surface area (Å²) in [6, 6.07) is 15.1. The zero-order valence-electron chi connectivity index (χ0n) is 18.0. The lowest BCUT2D eigenvalue weighted by Gasteiger charge is -2.29. The van der Waals surface area contributed by atoms with Crippen molar-refractivity contribution < 1.29 is 9.59 Å². The molecule has 0 aliphatic rings. The quantitative estimate of drug-likeness (QED) is 0.481. The van der Waals surface area contributed by atoms with E-state index in [-0.39, 0.29) is 11.8 Å². The summed E-state index contributed by atoms with van der Waals surface area (Å²) in [5, 5.41) is 3.56. The van der Waals surface area contributed by atoms with Crippen molar-refractivity contribution in [3.63, 3.8) is 0 Å². The molecule has 2 rings (SSSR count). The molecular formula is C24H31ClN2O2S. The van der Waals surface area contributed by atoms with Crippen LogP contribution in [-0.2, 0) is 21.9 Å². The molecule has 0 aromatic heterocycles. The Kier molecular flexibility index (Phi) is 10.2. The van der Waals surface area contributed by atoms with E-state index in [1.807, 2.05) is 30.3 Å². The second-order valence-corrected chi connectivity index (χ2v) is 8.81. The smallest absolute Gasteiger partial charge is 0.242 e. The van der Waals surface area contributed by atoms with Gasteiger partial charge >= 0.3 is 0 Å². The van der Waals surface area contributed by atoms with E-state index in [2.05, 4.69) is 31.3 Å². The maximum Gasteiger partial charge on any atom is 0.242 e. The van der Waals surface area contributed by atoms with Crippen LogP contribution in [0.25, 0.3) is 0 Å². The van der Waals surface area contributed by atoms with Crippen LogP contribution in [0.2, 0.25) is 5.02 Å². The lowest BCUT2D eigenvalue weighted by Crippen LogP contribution is -2.48. The number of carbonyl (C=O) groups is 2. The molecule has 1 N–H and O–H groups in total. The maximum absolute atomic E-state index is 13.1. The van der Waals surface area contributed by atoms with Crippen molar-refractivity contribution in [2.24, 2.45) is 0 Å². The summed E-state index contributed by atoms with van der Waals surface area (Å²) in [4.78, 5) is 27.3. The Morgan fingerprint density at radius 2 is 1.93 bits per heavy atom. The molecule has 0 heterocycles. The Labute approximate surface area is 189 Å². The van der Waals surface area contributed by atoms with Crippen LogP contribution in [-0.4, -0.2) is 35.1 Å². The number of amides is 2. The number of benzene rings is 2. The Morgan fingerprint density at radius 1 is 1.17 bits per heavy atom. The van der Waals surface area contributed by atoms with E-state index in [9.17, 15) is 9.59 Å². The molecule has 0 radical (unpaired) electrons. The Balaban J connectivity index is 2.05. The molecule has 0 saturated carbocycles. The Hall–Kier alpha value is -1.98. The van der Waals surface area contributed by atoms with Crippen molar-refractivity contribution in [1.82, 2.24) is 10.2 Å². The van der Waals surface area contributed by atoms with Crippen molar-refractivity contribution in [3.05, 3.63) is 70.2 Å². The summed E-state index contributed by atoms with van der Waals surface area (Å²) in [5.74, 6) is 0.913. The topological polar surface area (TPSA) is 49.4 Å². The molecule has 0 unspecified atom stereocenters. The molecule has 0 spiro atoms. The van der Waals surface area contributed by atoms with Gasteiger partial charge in [-0.3, -0.25) is 9.59 Å². The van der Waals surface area contributed by atoms with Gasteiger partial charge in [-0.2, -0.15) is 0 Å². The summed E-state index contributed by atoms with van der Waals surface area (Å²) in [6.07, 6.45) is 1.93. The van der Waals surface area contributed by atoms with Crippen LogP contribution in [0.5, 0.6) is 0 Å². The molecule has 0 bridgehead atoms. The third-order valence-electron chi connectivity index (χ3n) is 4.98. The molecule has 2 aromatic carbocycles. The van der Waals surface area contributed by atoms with Crippen molar-refractivity contribution in [2.45, 2.75) is 52.0 Å². The predicted molar refractivity (Wildman–Crippen MR) is 127 cm³/mol. The molecule has 6 heteroatoms. The van der Waals surface area contributed by atoms with Crippen LogP contribution in [0, 0.1) is 6.92 Å². The summed E-state index contributed by atoms with van der Waals surface area (Å²) in [6.45, 7) is 6.92. The van der Waals surface area contributed by atoms with E-state index in [0.29, 0.717) is 23.9 Å². The normalized spacial score (nSPS) is 11.7. The highest BCUT2D eigenvalue weighted by molar-refractivity contribution is 7.99. The molecule has 162 valence electrons. The van der Waals surface area contributed by atoms with Gasteiger partial charge in [0.25, 0.3) is 0 Å². The SMILES string of the molecule is CCCCNC(=O)[C@H](C)N(Cc1cccc(Cl)c1)C(=O)CSCc1ccccc1C. The molecule has 30 heavy (non-hydrogen) atoms. The predicted octanol–water partition coefficient (Wildman–Crippen LogP) is 5.22. The van der Waals surface area contributed by atoms with Crippen LogP contribution in [0.15, 0.2) is 48.5 Å². The zero-order valence-corrected chi connectivity index (χ0v) is 19.6. The highest BCUT2D eigenvalue weighted by Gasteiger charge is 2.25. The van der Waals surface area contributed by atoms with Crippen molar-refractivity contribution in [2.75, 3.05) is 12.3 Å². The summed E-state index contributed by atoms with van der Waals surface area (Å²) in [5.41, 5.74) is 3.35. The summed E-state index contributed by atoms with van der Waals surface area (Å²) >= 11 is 7.69. The number of unbranched alkanes of at least 4 members (excludes halogenated alkanes) is 1. The van der Waals surface area contributed by atoms with Gasteiger partial charge in [0.2, 0.25) is 11.8 Å². The van der Waals surface area contributed by atoms with Gasteiger partial charge in [-0.25, -0.2) is 0 Å². The van der Waals surface area contributed by atoms with E-state index in [4.69, 9.17) is 11.6 Å². The van der Waals surface area contributed by atoms with Gasteiger partial charge in [-0.05, 0) is 49.1 Å². The van der Waals surface area contributed by atoms with Gasteiger partial charge in [0, 0.05) is 23.9 Å². The number of hydrogen-bond donors (Lipinski definition) is 1. The van der Waals surface area contributed by atoms with Gasteiger partial charge in [0.05, 0.1) is 5.75 Å². The fourth-order valence-electron chi connectivity index (χ4n) is 3.05. The number of nitrogens with zero attached hydrogens (tertiary/aromatic N) is 1. The summed E-state index contributed by atoms with van der Waals surface area (Å²) < 4.78 is 0. The zero-order chi connectivity index (χ0) is 21.9. The first-order chi connectivity index (χ1) is 14.4. The minimum atomic E-state index is -0.549. The monoisotopic (exact) mass is 446 g/mol. The lowest BCUT2D eigenvalue weighted by atomic mass is 10.1. The lowest BCUT2D eigenvalue weighted by molar-refractivity contribution is -0.138. The molecule has 0 fully saturated rings. The minimum Gasteiger partial charge on any atom is -0.354 e. The van der Waals surface area contributed by atoms with Crippen LogP contribution in [0.4, 0.5) is 0 Å². The van der Waals surface area contributed by atoms with Gasteiger partial charge in [0.15, 0.2) is 0 Å². The molecule has 2 aromatic rings. The number of carbonyl (C=O) groups excluding carboxylic acids is 2. The molecule has 2 amide bonds. The first-order valence-electron chi connectivity index (χ1n) is 10.4. The fourth-order valence-corrected chi connectivity index (χ4v) is 4.25. The van der Waals surface area contributed by atoms with Crippen LogP contribution in [0.3, 0.4) is 0 Å². The maximum atomic E-state index is 13.1. The second-order valence-electron chi connectivity index (χ2n) is 7.39. The highest BCUT2D eigenvalue weighted by atomic mass is 35.5. The second kappa shape index (κ2) is 12.7. The highest BCUT2D eigenvalue weighted by Crippen LogP contribution is 2.19. The molecule has 4 nitrogen and oxygen atoms in total. The fraction of sp³-hybridized carbons (Fsp3) is 0.417. The van der Waals surface area contributed by atoms with Crippen molar-refractivity contribution in [1.29, 1.82) is 0 Å². The number of halogens is 1. The minimum absolute atomic E-state index is 0.0494. The third-order valence-corrected chi connectivity index (χ3v) is 6.18. The van der Waals surface area contributed by atoms with Crippen molar-refractivity contribution in [3.8, 4) is 0 Å². The van der Waals surface area contributed by atoms with Gasteiger partial charge in [-0.15, -0.1) is 11.8 Å². The van der Waals surface area contributed by atoms with E-state index in [1.54, 1.807) is 29.7 Å². The van der Waals surface area contributed by atoms with Crippen LogP contribution < -0.4 is 5.32 Å². The van der Waals surface area contributed by atoms with E-state index in [0.717, 1.165) is 24.2 Å². The van der Waals surface area contributed by atoms with Gasteiger partial charge < -0.3 is 10.2 Å². The summed E-state index contributed by atoms with van der Waals surface area (Å²) in [7, 11) is 0. The molecule has 1 atom stereocenters. The number of aryl methyl sites for hydroxylation is 1. The Bertz CT molecular complexity index is 843. The van der Waals surface area contributed by atoms with Crippen molar-refractivity contribution >= 4 is 35.2 Å². The first kappa shape index (κ1) is 24.3.